The first kappa shape index (κ1) is 39.6. The highest BCUT2D eigenvalue weighted by Gasteiger charge is 2.61. The van der Waals surface area contributed by atoms with Gasteiger partial charge < -0.3 is 14.3 Å². The summed E-state index contributed by atoms with van der Waals surface area (Å²) in [6.45, 7) is 15.1. The molecule has 2 fully saturated rings. The summed E-state index contributed by atoms with van der Waals surface area (Å²) in [5, 5.41) is 11.7. The maximum absolute atomic E-state index is 15.3. The number of hydrogen-bond acceptors (Lipinski definition) is 8. The van der Waals surface area contributed by atoms with Crippen molar-refractivity contribution >= 4 is 59.8 Å². The van der Waals surface area contributed by atoms with Gasteiger partial charge in [-0.1, -0.05) is 101 Å². The molecule has 9 heteroatoms. The van der Waals surface area contributed by atoms with Gasteiger partial charge in [-0.05, 0) is 70.9 Å². The number of ketones is 2. The van der Waals surface area contributed by atoms with Gasteiger partial charge in [0.1, 0.15) is 15.8 Å². The van der Waals surface area contributed by atoms with Crippen LogP contribution in [0.3, 0.4) is 0 Å². The third-order valence-corrected chi connectivity index (χ3v) is 18.9. The minimum absolute atomic E-state index is 0.0693. The van der Waals surface area contributed by atoms with Crippen LogP contribution in [0.2, 0.25) is 5.04 Å². The van der Waals surface area contributed by atoms with Crippen LogP contribution < -0.4 is 10.4 Å². The summed E-state index contributed by atoms with van der Waals surface area (Å²) in [4.78, 5) is 42.9. The Kier molecular flexibility index (Phi) is 13.7. The van der Waals surface area contributed by atoms with Crippen LogP contribution >= 0.6 is 23.5 Å². The number of thioether (sulfide) groups is 2. The van der Waals surface area contributed by atoms with Gasteiger partial charge in [0, 0.05) is 31.0 Å². The maximum Gasteiger partial charge on any atom is 0.316 e. The van der Waals surface area contributed by atoms with E-state index in [1.807, 2.05) is 49.4 Å². The number of aliphatic hydroxyl groups is 1. The van der Waals surface area contributed by atoms with E-state index in [0.29, 0.717) is 25.7 Å². The summed E-state index contributed by atoms with van der Waals surface area (Å²) >= 11 is 3.41. The second-order valence-corrected chi connectivity index (χ2v) is 22.6. The predicted octanol–water partition coefficient (Wildman–Crippen LogP) is 7.07. The molecule has 49 heavy (non-hydrogen) atoms. The average Bonchev–Trinajstić information content (AvgIpc) is 3.35. The second-order valence-electron chi connectivity index (χ2n) is 15.2. The standard InChI is InChI=1S/C40H56O6S2Si/c1-8-9-21-32(36(43)40(26-29(2)22-23-41)47-24-16-25-48-40)35-34(37(44)45-7)33(42)27-39(35,6)28-46-49(38(3,4)5,30-17-12-10-13-18-30)31-19-14-11-15-20-31/h8,10-15,17-20,29,32,34-35,41H,1,9,16,21-28H2,2-7H3/t29-,32+,34-,35+,39-/m1/s1. The van der Waals surface area contributed by atoms with Crippen LogP contribution in [0, 0.1) is 29.1 Å². The Balaban J connectivity index is 1.86. The number of rotatable bonds is 16. The third kappa shape index (κ3) is 8.33. The number of carbonyl (C=O) groups is 3. The van der Waals surface area contributed by atoms with Crippen LogP contribution in [-0.4, -0.2) is 66.9 Å². The summed E-state index contributed by atoms with van der Waals surface area (Å²) in [6, 6.07) is 20.8. The highest BCUT2D eigenvalue weighted by atomic mass is 32.2. The Labute approximate surface area is 303 Å². The molecule has 4 rings (SSSR count). The van der Waals surface area contributed by atoms with Gasteiger partial charge in [-0.15, -0.1) is 30.1 Å². The number of aliphatic hydroxyl groups excluding tert-OH is 1. The number of esters is 1. The lowest BCUT2D eigenvalue weighted by Crippen LogP contribution is -2.67. The maximum atomic E-state index is 15.3. The Bertz CT molecular complexity index is 1380. The van der Waals surface area contributed by atoms with Crippen LogP contribution in [-0.2, 0) is 23.5 Å². The van der Waals surface area contributed by atoms with Crippen LogP contribution in [0.25, 0.3) is 0 Å². The zero-order valence-corrected chi connectivity index (χ0v) is 32.9. The molecule has 0 spiro atoms. The minimum atomic E-state index is -3.00. The average molecular weight is 725 g/mol. The number of carbonyl (C=O) groups excluding carboxylic acids is 3. The first-order valence-electron chi connectivity index (χ1n) is 17.7. The molecule has 1 saturated carbocycles. The fourth-order valence-corrected chi connectivity index (χ4v) is 16.7. The molecule has 0 unspecified atom stereocenters. The molecule has 1 heterocycles. The van der Waals surface area contributed by atoms with Gasteiger partial charge in [0.25, 0.3) is 8.32 Å². The number of hydrogen-bond donors (Lipinski definition) is 1. The molecule has 1 aliphatic heterocycles. The predicted molar refractivity (Wildman–Crippen MR) is 206 cm³/mol. The van der Waals surface area contributed by atoms with E-state index in [2.05, 4.69) is 58.5 Å². The van der Waals surface area contributed by atoms with E-state index in [1.165, 1.54) is 7.11 Å². The summed E-state index contributed by atoms with van der Waals surface area (Å²) in [5.41, 5.74) is -0.813. The van der Waals surface area contributed by atoms with E-state index in [4.69, 9.17) is 9.16 Å². The number of benzene rings is 2. The fourth-order valence-electron chi connectivity index (χ4n) is 8.30. The van der Waals surface area contributed by atoms with E-state index in [0.717, 1.165) is 28.3 Å². The Hall–Kier alpha value is -2.17. The van der Waals surface area contributed by atoms with Crippen molar-refractivity contribution in [3.8, 4) is 0 Å². The van der Waals surface area contributed by atoms with Crippen molar-refractivity contribution in [2.24, 2.45) is 29.1 Å². The van der Waals surface area contributed by atoms with Gasteiger partial charge in [0.2, 0.25) is 0 Å². The topological polar surface area (TPSA) is 89.9 Å². The Morgan fingerprint density at radius 1 is 1.04 bits per heavy atom. The van der Waals surface area contributed by atoms with Crippen molar-refractivity contribution in [1.82, 2.24) is 0 Å². The smallest absolute Gasteiger partial charge is 0.316 e. The Morgan fingerprint density at radius 3 is 2.10 bits per heavy atom. The molecule has 268 valence electrons. The lowest BCUT2D eigenvalue weighted by atomic mass is 9.66. The molecule has 2 aliphatic rings. The fraction of sp³-hybridized carbons (Fsp3) is 0.575. The second kappa shape index (κ2) is 16.9. The summed E-state index contributed by atoms with van der Waals surface area (Å²) < 4.78 is 12.0. The molecule has 1 aliphatic carbocycles. The first-order chi connectivity index (χ1) is 23.3. The third-order valence-electron chi connectivity index (χ3n) is 10.6. The molecule has 1 N–H and O–H groups in total. The molecule has 6 nitrogen and oxygen atoms in total. The SMILES string of the molecule is C=CCC[C@H](C(=O)C1(C[C@H](C)CCO)SCCCS1)[C@H]1[C@H](C(=O)OC)C(=O)C[C@]1(C)CO[Si](c1ccccc1)(c1ccccc1)C(C)(C)C. The van der Waals surface area contributed by atoms with Crippen LogP contribution in [0.5, 0.6) is 0 Å². The van der Waals surface area contributed by atoms with Crippen molar-refractivity contribution in [1.29, 1.82) is 0 Å². The molecule has 2 aromatic carbocycles. The lowest BCUT2D eigenvalue weighted by Gasteiger charge is -2.47. The summed E-state index contributed by atoms with van der Waals surface area (Å²) in [5.74, 6) is -1.03. The molecule has 0 radical (unpaired) electrons. The van der Waals surface area contributed by atoms with Crippen molar-refractivity contribution in [2.75, 3.05) is 31.8 Å². The quantitative estimate of drug-likeness (QED) is 0.0852. The molecule has 1 saturated heterocycles. The zero-order valence-electron chi connectivity index (χ0n) is 30.2. The van der Waals surface area contributed by atoms with Crippen LogP contribution in [0.1, 0.15) is 73.1 Å². The van der Waals surface area contributed by atoms with Gasteiger partial charge in [-0.25, -0.2) is 0 Å². The number of ether oxygens (including phenoxy) is 1. The minimum Gasteiger partial charge on any atom is -0.468 e. The normalized spacial score (nSPS) is 23.9. The Morgan fingerprint density at radius 2 is 1.61 bits per heavy atom. The van der Waals surface area contributed by atoms with Gasteiger partial charge >= 0.3 is 5.97 Å². The van der Waals surface area contributed by atoms with Gasteiger partial charge in [-0.2, -0.15) is 0 Å². The first-order valence-corrected chi connectivity index (χ1v) is 21.6. The number of allylic oxidation sites excluding steroid dienone is 1. The monoisotopic (exact) mass is 724 g/mol. The largest absolute Gasteiger partial charge is 0.468 e. The van der Waals surface area contributed by atoms with Gasteiger partial charge in [0.15, 0.2) is 5.78 Å². The molecule has 0 bridgehead atoms. The molecule has 2 aromatic rings. The molecular formula is C40H56O6S2Si. The van der Waals surface area contributed by atoms with Crippen molar-refractivity contribution in [3.63, 3.8) is 0 Å². The summed E-state index contributed by atoms with van der Waals surface area (Å²) in [7, 11) is -1.67. The summed E-state index contributed by atoms with van der Waals surface area (Å²) in [6.07, 6.45) is 5.28. The molecule has 5 atom stereocenters. The van der Waals surface area contributed by atoms with E-state index in [1.54, 1.807) is 23.5 Å². The highest BCUT2D eigenvalue weighted by molar-refractivity contribution is 8.19. The van der Waals surface area contributed by atoms with Gasteiger partial charge in [-0.3, -0.25) is 14.4 Å². The van der Waals surface area contributed by atoms with Gasteiger partial charge in [0.05, 0.1) is 7.11 Å². The highest BCUT2D eigenvalue weighted by Crippen LogP contribution is 2.56. The van der Waals surface area contributed by atoms with E-state index in [9.17, 15) is 14.7 Å². The number of Topliss-reactive ketones (excluding diaryl/α,β-unsaturated/α-hetero) is 2. The van der Waals surface area contributed by atoms with Crippen LogP contribution in [0.4, 0.5) is 0 Å². The molecule has 0 amide bonds. The zero-order chi connectivity index (χ0) is 35.9. The van der Waals surface area contributed by atoms with E-state index in [-0.39, 0.29) is 42.2 Å². The van der Waals surface area contributed by atoms with Crippen molar-refractivity contribution < 1.29 is 28.7 Å². The molecule has 0 aromatic heterocycles. The van der Waals surface area contributed by atoms with Crippen LogP contribution in [0.15, 0.2) is 73.3 Å². The van der Waals surface area contributed by atoms with Crippen molar-refractivity contribution in [2.45, 2.75) is 82.3 Å². The van der Waals surface area contributed by atoms with E-state index < -0.39 is 41.5 Å². The van der Waals surface area contributed by atoms with Crippen molar-refractivity contribution in [3.05, 3.63) is 73.3 Å². The molecular weight excluding hydrogens is 669 g/mol. The van der Waals surface area contributed by atoms with E-state index >= 15 is 4.79 Å². The lowest BCUT2D eigenvalue weighted by molar-refractivity contribution is -0.152. The number of methoxy groups -OCH3 is 1.